The predicted molar refractivity (Wildman–Crippen MR) is 118 cm³/mol. The van der Waals surface area contributed by atoms with Crippen molar-refractivity contribution in [3.05, 3.63) is 71.5 Å². The number of hydrogen-bond donors (Lipinski definition) is 1. The van der Waals surface area contributed by atoms with E-state index in [-0.39, 0.29) is 5.70 Å². The van der Waals surface area contributed by atoms with E-state index in [4.69, 9.17) is 4.74 Å². The highest BCUT2D eigenvalue weighted by atomic mass is 16.5. The molecule has 0 radical (unpaired) electrons. The second kappa shape index (κ2) is 10.3. The molecule has 1 N–H and O–H groups in total. The Labute approximate surface area is 180 Å². The molecule has 3 aromatic rings. The zero-order chi connectivity index (χ0) is 22.2. The highest BCUT2D eigenvalue weighted by molar-refractivity contribution is 6.15. The van der Waals surface area contributed by atoms with Crippen molar-refractivity contribution in [2.45, 2.75) is 33.1 Å². The molecule has 0 fully saturated rings. The lowest BCUT2D eigenvalue weighted by Crippen LogP contribution is -2.23. The maximum Gasteiger partial charge on any atom is 0.357 e. The van der Waals surface area contributed by atoms with Crippen LogP contribution in [0, 0.1) is 6.92 Å². The molecule has 0 spiro atoms. The third-order valence-electron chi connectivity index (χ3n) is 4.88. The molecule has 8 nitrogen and oxygen atoms in total. The molecule has 3 rings (SSSR count). The number of carbonyl (C=O) groups is 2. The van der Waals surface area contributed by atoms with Gasteiger partial charge in [0.05, 0.1) is 0 Å². The van der Waals surface area contributed by atoms with E-state index in [0.717, 1.165) is 12.0 Å². The Morgan fingerprint density at radius 3 is 2.45 bits per heavy atom. The monoisotopic (exact) mass is 419 g/mol. The second-order valence-corrected chi connectivity index (χ2v) is 7.13. The van der Waals surface area contributed by atoms with E-state index >= 15 is 0 Å². The number of benzene rings is 2. The van der Waals surface area contributed by atoms with Crippen LogP contribution < -0.4 is 5.32 Å². The van der Waals surface area contributed by atoms with Crippen molar-refractivity contribution in [3.63, 3.8) is 0 Å². The fourth-order valence-corrected chi connectivity index (χ4v) is 2.90. The van der Waals surface area contributed by atoms with Crippen LogP contribution in [0.3, 0.4) is 0 Å². The van der Waals surface area contributed by atoms with Crippen molar-refractivity contribution in [2.24, 2.45) is 0 Å². The predicted octanol–water partition coefficient (Wildman–Crippen LogP) is 3.68. The van der Waals surface area contributed by atoms with Crippen LogP contribution in [0.15, 0.2) is 54.6 Å². The molecule has 0 aliphatic heterocycles. The fourth-order valence-electron chi connectivity index (χ4n) is 2.90. The Morgan fingerprint density at radius 2 is 1.84 bits per heavy atom. The molecule has 1 heterocycles. The van der Waals surface area contributed by atoms with Crippen LogP contribution in [-0.4, -0.2) is 38.7 Å². The standard InChI is InChI=1S/C23H25N5O3/c1-4-16(2)19-10-12-20(13-11-19)24-22(29)15-31-23(30)21(28-17(3)25-26-27-28)14-18-8-6-5-7-9-18/h5-14,16H,4,15H2,1-3H3,(H,24,29)/b21-14-/t16-/m0/s1. The summed E-state index contributed by atoms with van der Waals surface area (Å²) in [5.74, 6) is -0.265. The summed E-state index contributed by atoms with van der Waals surface area (Å²) in [6.07, 6.45) is 2.65. The lowest BCUT2D eigenvalue weighted by atomic mass is 9.99. The quantitative estimate of drug-likeness (QED) is 0.442. The van der Waals surface area contributed by atoms with Gasteiger partial charge in [-0.15, -0.1) is 5.10 Å². The molecule has 1 amide bonds. The van der Waals surface area contributed by atoms with Gasteiger partial charge in [0.15, 0.2) is 18.1 Å². The van der Waals surface area contributed by atoms with Crippen LogP contribution >= 0.6 is 0 Å². The molecule has 31 heavy (non-hydrogen) atoms. The van der Waals surface area contributed by atoms with Crippen LogP contribution in [0.2, 0.25) is 0 Å². The highest BCUT2D eigenvalue weighted by Crippen LogP contribution is 2.20. The normalized spacial score (nSPS) is 12.3. The number of esters is 1. The van der Waals surface area contributed by atoms with Gasteiger partial charge in [0.2, 0.25) is 0 Å². The first-order chi connectivity index (χ1) is 15.0. The van der Waals surface area contributed by atoms with E-state index in [1.165, 1.54) is 10.2 Å². The maximum absolute atomic E-state index is 12.7. The van der Waals surface area contributed by atoms with Crippen LogP contribution in [0.4, 0.5) is 5.69 Å². The zero-order valence-electron chi connectivity index (χ0n) is 17.8. The van der Waals surface area contributed by atoms with E-state index in [9.17, 15) is 9.59 Å². The Balaban J connectivity index is 1.66. The Bertz CT molecular complexity index is 1060. The summed E-state index contributed by atoms with van der Waals surface area (Å²) in [7, 11) is 0. The van der Waals surface area contributed by atoms with Gasteiger partial charge in [0.1, 0.15) is 0 Å². The molecule has 0 bridgehead atoms. The smallest absolute Gasteiger partial charge is 0.357 e. The number of ether oxygens (including phenoxy) is 1. The number of nitrogens with zero attached hydrogens (tertiary/aromatic N) is 4. The molecule has 0 unspecified atom stereocenters. The SMILES string of the molecule is CC[C@H](C)c1ccc(NC(=O)COC(=O)/C(=C/c2ccccc2)n2nnnc2C)cc1. The van der Waals surface area contributed by atoms with E-state index in [2.05, 4.69) is 34.7 Å². The van der Waals surface area contributed by atoms with Crippen LogP contribution in [0.25, 0.3) is 11.8 Å². The number of nitrogens with one attached hydrogen (secondary N) is 1. The minimum absolute atomic E-state index is 0.111. The first-order valence-corrected chi connectivity index (χ1v) is 10.1. The van der Waals surface area contributed by atoms with Crippen molar-refractivity contribution in [3.8, 4) is 0 Å². The van der Waals surface area contributed by atoms with E-state index in [1.807, 2.05) is 54.6 Å². The summed E-state index contributed by atoms with van der Waals surface area (Å²) in [5, 5.41) is 14.0. The molecular weight excluding hydrogens is 394 g/mol. The molecule has 0 saturated heterocycles. The van der Waals surface area contributed by atoms with Crippen molar-refractivity contribution < 1.29 is 14.3 Å². The van der Waals surface area contributed by atoms with Crippen LogP contribution in [-0.2, 0) is 14.3 Å². The van der Waals surface area contributed by atoms with Crippen LogP contribution in [0.1, 0.15) is 43.1 Å². The molecule has 8 heteroatoms. The van der Waals surface area contributed by atoms with E-state index < -0.39 is 18.5 Å². The molecule has 160 valence electrons. The van der Waals surface area contributed by atoms with Crippen molar-refractivity contribution in [1.82, 2.24) is 20.2 Å². The fraction of sp³-hybridized carbons (Fsp3) is 0.261. The Hall–Kier alpha value is -3.81. The first-order valence-electron chi connectivity index (χ1n) is 10.1. The van der Waals surface area contributed by atoms with Gasteiger partial charge in [0, 0.05) is 5.69 Å². The number of carbonyl (C=O) groups excluding carboxylic acids is 2. The van der Waals surface area contributed by atoms with E-state index in [0.29, 0.717) is 17.4 Å². The third kappa shape index (κ3) is 5.85. The topological polar surface area (TPSA) is 99.0 Å². The number of amides is 1. The van der Waals surface area contributed by atoms with Gasteiger partial charge >= 0.3 is 5.97 Å². The molecule has 0 aliphatic carbocycles. The molecule has 0 aliphatic rings. The number of tetrazole rings is 1. The number of aryl methyl sites for hydroxylation is 1. The Morgan fingerprint density at radius 1 is 1.13 bits per heavy atom. The summed E-state index contributed by atoms with van der Waals surface area (Å²) in [4.78, 5) is 25.0. The minimum Gasteiger partial charge on any atom is -0.451 e. The second-order valence-electron chi connectivity index (χ2n) is 7.13. The largest absolute Gasteiger partial charge is 0.451 e. The average Bonchev–Trinajstić information content (AvgIpc) is 3.22. The molecule has 1 aromatic heterocycles. The van der Waals surface area contributed by atoms with Crippen LogP contribution in [0.5, 0.6) is 0 Å². The number of hydrogen-bond acceptors (Lipinski definition) is 6. The number of anilines is 1. The van der Waals surface area contributed by atoms with Gasteiger partial charge in [0.25, 0.3) is 5.91 Å². The molecule has 0 saturated carbocycles. The highest BCUT2D eigenvalue weighted by Gasteiger charge is 2.19. The Kier molecular flexibility index (Phi) is 7.26. The van der Waals surface area contributed by atoms with E-state index in [1.54, 1.807) is 13.0 Å². The first kappa shape index (κ1) is 21.9. The van der Waals surface area contributed by atoms with Gasteiger partial charge in [-0.25, -0.2) is 4.79 Å². The average molecular weight is 419 g/mol. The molecule has 2 aromatic carbocycles. The van der Waals surface area contributed by atoms with Gasteiger partial charge < -0.3 is 10.1 Å². The molecule has 1 atom stereocenters. The summed E-state index contributed by atoms with van der Waals surface area (Å²) in [6, 6.07) is 16.9. The van der Waals surface area contributed by atoms with Crippen molar-refractivity contribution in [1.29, 1.82) is 0 Å². The minimum atomic E-state index is -0.707. The maximum atomic E-state index is 12.7. The zero-order valence-corrected chi connectivity index (χ0v) is 17.8. The van der Waals surface area contributed by atoms with Crippen molar-refractivity contribution in [2.75, 3.05) is 11.9 Å². The number of rotatable bonds is 8. The van der Waals surface area contributed by atoms with Gasteiger partial charge in [-0.05, 0) is 59.0 Å². The third-order valence-corrected chi connectivity index (χ3v) is 4.88. The summed E-state index contributed by atoms with van der Waals surface area (Å²) >= 11 is 0. The van der Waals surface area contributed by atoms with Gasteiger partial charge in [-0.2, -0.15) is 4.68 Å². The summed E-state index contributed by atoms with van der Waals surface area (Å²) in [6.45, 7) is 5.52. The van der Waals surface area contributed by atoms with Crippen molar-refractivity contribution >= 4 is 29.3 Å². The van der Waals surface area contributed by atoms with Gasteiger partial charge in [-0.3, -0.25) is 4.79 Å². The number of aromatic nitrogens is 4. The molecular formula is C23H25N5O3. The van der Waals surface area contributed by atoms with Gasteiger partial charge in [-0.1, -0.05) is 56.3 Å². The summed E-state index contributed by atoms with van der Waals surface area (Å²) < 4.78 is 6.51. The lowest BCUT2D eigenvalue weighted by Gasteiger charge is -2.11. The summed E-state index contributed by atoms with van der Waals surface area (Å²) in [5.41, 5.74) is 2.73. The lowest BCUT2D eigenvalue weighted by molar-refractivity contribution is -0.141.